The molecule has 19 heavy (non-hydrogen) atoms. The zero-order chi connectivity index (χ0) is 13.6. The van der Waals surface area contributed by atoms with Gasteiger partial charge < -0.3 is 11.1 Å². The van der Waals surface area contributed by atoms with Gasteiger partial charge in [-0.2, -0.15) is 0 Å². The van der Waals surface area contributed by atoms with E-state index in [0.29, 0.717) is 5.41 Å². The van der Waals surface area contributed by atoms with Crippen LogP contribution in [0.4, 0.5) is 0 Å². The molecule has 1 rings (SSSR count). The van der Waals surface area contributed by atoms with Crippen molar-refractivity contribution >= 4 is 18.3 Å². The molecule has 0 bridgehead atoms. The van der Waals surface area contributed by atoms with Gasteiger partial charge >= 0.3 is 0 Å². The molecule has 1 amide bonds. The molecule has 1 aliphatic carbocycles. The monoisotopic (exact) mass is 290 g/mol. The largest absolute Gasteiger partial charge is 0.355 e. The molecule has 0 atom stereocenters. The summed E-state index contributed by atoms with van der Waals surface area (Å²) in [6.07, 6.45) is 8.53. The van der Waals surface area contributed by atoms with Gasteiger partial charge in [0.25, 0.3) is 0 Å². The highest BCUT2D eigenvalue weighted by molar-refractivity contribution is 5.86. The lowest BCUT2D eigenvalue weighted by Crippen LogP contribution is -2.55. The minimum Gasteiger partial charge on any atom is -0.355 e. The highest BCUT2D eigenvalue weighted by Gasteiger charge is 2.34. The summed E-state index contributed by atoms with van der Waals surface area (Å²) in [6.45, 7) is 7.53. The van der Waals surface area contributed by atoms with Gasteiger partial charge in [-0.05, 0) is 31.1 Å². The lowest BCUT2D eigenvalue weighted by molar-refractivity contribution is -0.127. The molecule has 3 nitrogen and oxygen atoms in total. The molecule has 4 heteroatoms. The summed E-state index contributed by atoms with van der Waals surface area (Å²) in [7, 11) is 0. The normalized spacial score (nSPS) is 18.5. The fourth-order valence-electron chi connectivity index (χ4n) is 2.57. The first-order valence-electron chi connectivity index (χ1n) is 7.41. The second-order valence-corrected chi connectivity index (χ2v) is 6.99. The molecule has 1 aliphatic rings. The Bertz CT molecular complexity index is 268. The molecule has 0 aromatic carbocycles. The van der Waals surface area contributed by atoms with Gasteiger partial charge in [-0.25, -0.2) is 0 Å². The molecule has 1 saturated carbocycles. The fourth-order valence-corrected chi connectivity index (χ4v) is 2.57. The van der Waals surface area contributed by atoms with Crippen LogP contribution in [0.2, 0.25) is 0 Å². The van der Waals surface area contributed by atoms with Gasteiger partial charge in [0, 0.05) is 6.54 Å². The van der Waals surface area contributed by atoms with Crippen molar-refractivity contribution in [3.05, 3.63) is 0 Å². The number of carbonyl (C=O) groups is 1. The number of hydrogen-bond donors (Lipinski definition) is 2. The number of carbonyl (C=O) groups excluding carboxylic acids is 1. The van der Waals surface area contributed by atoms with E-state index in [1.54, 1.807) is 0 Å². The van der Waals surface area contributed by atoms with Crippen molar-refractivity contribution in [2.45, 2.75) is 77.7 Å². The van der Waals surface area contributed by atoms with Crippen LogP contribution in [-0.4, -0.2) is 18.0 Å². The molecule has 1 fully saturated rings. The van der Waals surface area contributed by atoms with E-state index in [1.807, 2.05) is 0 Å². The van der Waals surface area contributed by atoms with E-state index >= 15 is 0 Å². The molecular weight excluding hydrogens is 260 g/mol. The molecule has 3 N–H and O–H groups in total. The van der Waals surface area contributed by atoms with E-state index in [0.717, 1.165) is 38.6 Å². The third-order valence-electron chi connectivity index (χ3n) is 3.84. The topological polar surface area (TPSA) is 55.1 Å². The summed E-state index contributed by atoms with van der Waals surface area (Å²) < 4.78 is 0. The quantitative estimate of drug-likeness (QED) is 0.763. The molecule has 0 aromatic rings. The number of nitrogens with one attached hydrogen (secondary N) is 1. The molecular formula is C15H31ClN2O. The Morgan fingerprint density at radius 1 is 1.16 bits per heavy atom. The van der Waals surface area contributed by atoms with Gasteiger partial charge in [0.15, 0.2) is 0 Å². The highest BCUT2D eigenvalue weighted by atomic mass is 35.5. The Balaban J connectivity index is 0.00000324. The Morgan fingerprint density at radius 2 is 1.74 bits per heavy atom. The number of unbranched alkanes of at least 4 members (excludes halogenated alkanes) is 1. The van der Waals surface area contributed by atoms with Gasteiger partial charge in [-0.3, -0.25) is 4.79 Å². The maximum Gasteiger partial charge on any atom is 0.240 e. The van der Waals surface area contributed by atoms with E-state index in [1.165, 1.54) is 19.3 Å². The SMILES string of the molecule is CC(C)(C)CCCCNC(=O)C1(N)CCCCC1.Cl. The second-order valence-electron chi connectivity index (χ2n) is 6.99. The van der Waals surface area contributed by atoms with Crippen molar-refractivity contribution in [2.24, 2.45) is 11.1 Å². The molecule has 0 aromatic heterocycles. The summed E-state index contributed by atoms with van der Waals surface area (Å²) in [6, 6.07) is 0. The lowest BCUT2D eigenvalue weighted by atomic mass is 9.82. The van der Waals surface area contributed by atoms with Crippen molar-refractivity contribution in [1.82, 2.24) is 5.32 Å². The van der Waals surface area contributed by atoms with Gasteiger partial charge in [0.1, 0.15) is 0 Å². The summed E-state index contributed by atoms with van der Waals surface area (Å²) in [5, 5.41) is 3.02. The van der Waals surface area contributed by atoms with Crippen LogP contribution in [0.3, 0.4) is 0 Å². The fraction of sp³-hybridized carbons (Fsp3) is 0.933. The van der Waals surface area contributed by atoms with Crippen LogP contribution in [0.1, 0.15) is 72.1 Å². The first-order valence-corrected chi connectivity index (χ1v) is 7.41. The van der Waals surface area contributed by atoms with E-state index in [4.69, 9.17) is 5.73 Å². The summed E-state index contributed by atoms with van der Waals surface area (Å²) in [5.74, 6) is 0.0676. The predicted molar refractivity (Wildman–Crippen MR) is 83.6 cm³/mol. The van der Waals surface area contributed by atoms with Crippen molar-refractivity contribution in [3.63, 3.8) is 0 Å². The first kappa shape index (κ1) is 18.7. The second kappa shape index (κ2) is 8.11. The van der Waals surface area contributed by atoms with Crippen LogP contribution in [0.25, 0.3) is 0 Å². The zero-order valence-corrected chi connectivity index (χ0v) is 13.6. The summed E-state index contributed by atoms with van der Waals surface area (Å²) in [5.41, 5.74) is 5.98. The lowest BCUT2D eigenvalue weighted by Gasteiger charge is -2.31. The molecule has 0 saturated heterocycles. The Labute approximate surface area is 124 Å². The van der Waals surface area contributed by atoms with E-state index in [-0.39, 0.29) is 18.3 Å². The third kappa shape index (κ3) is 7.17. The number of halogens is 1. The van der Waals surface area contributed by atoms with Gasteiger partial charge in [0.2, 0.25) is 5.91 Å². The molecule has 0 aliphatic heterocycles. The van der Waals surface area contributed by atoms with Crippen molar-refractivity contribution in [3.8, 4) is 0 Å². The molecule has 0 radical (unpaired) electrons. The Morgan fingerprint density at radius 3 is 2.26 bits per heavy atom. The van der Waals surface area contributed by atoms with Gasteiger partial charge in [0.05, 0.1) is 5.54 Å². The van der Waals surface area contributed by atoms with Crippen LogP contribution in [0.5, 0.6) is 0 Å². The van der Waals surface area contributed by atoms with Crippen LogP contribution in [0, 0.1) is 5.41 Å². The zero-order valence-electron chi connectivity index (χ0n) is 12.8. The van der Waals surface area contributed by atoms with Crippen LogP contribution >= 0.6 is 12.4 Å². The predicted octanol–water partition coefficient (Wildman–Crippen LogP) is 3.40. The van der Waals surface area contributed by atoms with Gasteiger partial charge in [-0.1, -0.05) is 46.5 Å². The number of rotatable bonds is 5. The van der Waals surface area contributed by atoms with Crippen LogP contribution in [-0.2, 0) is 4.79 Å². The first-order chi connectivity index (χ1) is 8.33. The Hall–Kier alpha value is -0.280. The molecule has 0 heterocycles. The third-order valence-corrected chi connectivity index (χ3v) is 3.84. The smallest absolute Gasteiger partial charge is 0.240 e. The van der Waals surface area contributed by atoms with Gasteiger partial charge in [-0.15, -0.1) is 12.4 Å². The van der Waals surface area contributed by atoms with Crippen molar-refractivity contribution in [1.29, 1.82) is 0 Å². The molecule has 114 valence electrons. The Kier molecular flexibility index (Phi) is 7.99. The highest BCUT2D eigenvalue weighted by Crippen LogP contribution is 2.26. The average Bonchev–Trinajstić information content (AvgIpc) is 2.27. The number of amides is 1. The minimum atomic E-state index is -0.581. The number of hydrogen-bond acceptors (Lipinski definition) is 2. The standard InChI is InChI=1S/C15H30N2O.ClH/c1-14(2,3)9-7-8-12-17-13(18)15(16)10-5-4-6-11-15;/h4-12,16H2,1-3H3,(H,17,18);1H. The van der Waals surface area contributed by atoms with E-state index < -0.39 is 5.54 Å². The van der Waals surface area contributed by atoms with Crippen molar-refractivity contribution < 1.29 is 4.79 Å². The average molecular weight is 291 g/mol. The maximum atomic E-state index is 12.0. The summed E-state index contributed by atoms with van der Waals surface area (Å²) >= 11 is 0. The van der Waals surface area contributed by atoms with Crippen molar-refractivity contribution in [2.75, 3.05) is 6.54 Å². The molecule has 0 spiro atoms. The molecule has 0 unspecified atom stereocenters. The van der Waals surface area contributed by atoms with Crippen LogP contribution < -0.4 is 11.1 Å². The minimum absolute atomic E-state index is 0. The van der Waals surface area contributed by atoms with Crippen LogP contribution in [0.15, 0.2) is 0 Å². The van der Waals surface area contributed by atoms with E-state index in [2.05, 4.69) is 26.1 Å². The van der Waals surface area contributed by atoms with E-state index in [9.17, 15) is 4.79 Å². The maximum absolute atomic E-state index is 12.0. The number of nitrogens with two attached hydrogens (primary N) is 1. The summed E-state index contributed by atoms with van der Waals surface area (Å²) in [4.78, 5) is 12.0.